The van der Waals surface area contributed by atoms with Crippen molar-refractivity contribution in [3.63, 3.8) is 0 Å². The van der Waals surface area contributed by atoms with Gasteiger partial charge < -0.3 is 10.2 Å². The van der Waals surface area contributed by atoms with Gasteiger partial charge in [-0.2, -0.15) is 0 Å². The van der Waals surface area contributed by atoms with Gasteiger partial charge >= 0.3 is 0 Å². The summed E-state index contributed by atoms with van der Waals surface area (Å²) in [6.07, 6.45) is 6.33. The maximum atomic E-state index is 13.1. The normalized spacial score (nSPS) is 19.3. The fourth-order valence-corrected chi connectivity index (χ4v) is 4.12. The molecule has 1 aliphatic heterocycles. The Kier molecular flexibility index (Phi) is 6.45. The number of rotatable bonds is 6. The van der Waals surface area contributed by atoms with E-state index in [1.807, 2.05) is 36.9 Å². The zero-order chi connectivity index (χ0) is 20.0. The first kappa shape index (κ1) is 20.1. The summed E-state index contributed by atoms with van der Waals surface area (Å²) < 4.78 is 0. The van der Waals surface area contributed by atoms with E-state index in [1.165, 1.54) is 0 Å². The Morgan fingerprint density at radius 2 is 1.93 bits per heavy atom. The van der Waals surface area contributed by atoms with E-state index in [0.29, 0.717) is 25.9 Å². The zero-order valence-corrected chi connectivity index (χ0v) is 16.8. The standard InChI is InChI=1S/C23H29N3O2/c1-3-21(27)26-14-6-11-23(17-26,22(28)25-4-2)16-18-7-5-8-20(15-18)19-9-12-24-13-10-19/h5,7-10,12-13,15H,3-4,6,11,14,16-17H2,1-2H3,(H,25,28)/t23-/m0/s1. The molecule has 1 aliphatic rings. The van der Waals surface area contributed by atoms with E-state index in [9.17, 15) is 9.59 Å². The number of pyridine rings is 1. The summed E-state index contributed by atoms with van der Waals surface area (Å²) in [5, 5.41) is 3.01. The number of nitrogens with zero attached hydrogens (tertiary/aromatic N) is 2. The summed E-state index contributed by atoms with van der Waals surface area (Å²) >= 11 is 0. The van der Waals surface area contributed by atoms with Crippen molar-refractivity contribution < 1.29 is 9.59 Å². The molecule has 0 aliphatic carbocycles. The molecular formula is C23H29N3O2. The van der Waals surface area contributed by atoms with Gasteiger partial charge in [-0.05, 0) is 55.0 Å². The van der Waals surface area contributed by atoms with Gasteiger partial charge in [0.25, 0.3) is 0 Å². The summed E-state index contributed by atoms with van der Waals surface area (Å²) in [4.78, 5) is 31.3. The van der Waals surface area contributed by atoms with Crippen LogP contribution in [-0.4, -0.2) is 41.3 Å². The third-order valence-corrected chi connectivity index (χ3v) is 5.53. The molecule has 2 amide bonds. The van der Waals surface area contributed by atoms with Crippen LogP contribution in [0.4, 0.5) is 0 Å². The minimum atomic E-state index is -0.573. The fourth-order valence-electron chi connectivity index (χ4n) is 4.12. The molecular weight excluding hydrogens is 350 g/mol. The van der Waals surface area contributed by atoms with E-state index in [0.717, 1.165) is 36.1 Å². The molecule has 28 heavy (non-hydrogen) atoms. The summed E-state index contributed by atoms with van der Waals surface area (Å²) in [6.45, 7) is 5.64. The van der Waals surface area contributed by atoms with Crippen LogP contribution in [0.2, 0.25) is 0 Å². The van der Waals surface area contributed by atoms with Gasteiger partial charge in [-0.1, -0.05) is 31.2 Å². The first-order valence-corrected chi connectivity index (χ1v) is 10.1. The number of hydrogen-bond acceptors (Lipinski definition) is 3. The molecule has 0 radical (unpaired) electrons. The highest BCUT2D eigenvalue weighted by atomic mass is 16.2. The first-order valence-electron chi connectivity index (χ1n) is 10.1. The quantitative estimate of drug-likeness (QED) is 0.836. The fraction of sp³-hybridized carbons (Fsp3) is 0.435. The maximum absolute atomic E-state index is 13.1. The average Bonchev–Trinajstić information content (AvgIpc) is 2.74. The summed E-state index contributed by atoms with van der Waals surface area (Å²) in [6, 6.07) is 12.3. The van der Waals surface area contributed by atoms with Gasteiger partial charge in [0.2, 0.25) is 11.8 Å². The molecule has 1 atom stereocenters. The number of benzene rings is 1. The first-order chi connectivity index (χ1) is 13.6. The molecule has 3 rings (SSSR count). The van der Waals surface area contributed by atoms with Gasteiger partial charge in [0, 0.05) is 38.4 Å². The van der Waals surface area contributed by atoms with Crippen LogP contribution in [0.5, 0.6) is 0 Å². The van der Waals surface area contributed by atoms with Crippen LogP contribution in [-0.2, 0) is 16.0 Å². The summed E-state index contributed by atoms with van der Waals surface area (Å²) in [5.41, 5.74) is 2.76. The number of piperidine rings is 1. The molecule has 0 unspecified atom stereocenters. The molecule has 0 bridgehead atoms. The Labute approximate surface area is 167 Å². The van der Waals surface area contributed by atoms with E-state index >= 15 is 0 Å². The average molecular weight is 380 g/mol. The zero-order valence-electron chi connectivity index (χ0n) is 16.8. The van der Waals surface area contributed by atoms with Crippen molar-refractivity contribution in [1.29, 1.82) is 0 Å². The predicted octanol–water partition coefficient (Wildman–Crippen LogP) is 3.45. The Balaban J connectivity index is 1.90. The van der Waals surface area contributed by atoms with Crippen LogP contribution in [0.1, 0.15) is 38.7 Å². The number of hydrogen-bond donors (Lipinski definition) is 1. The van der Waals surface area contributed by atoms with Crippen LogP contribution < -0.4 is 5.32 Å². The minimum absolute atomic E-state index is 0.0536. The lowest BCUT2D eigenvalue weighted by Gasteiger charge is -2.42. The van der Waals surface area contributed by atoms with Gasteiger partial charge in [0.1, 0.15) is 0 Å². The number of amides is 2. The summed E-state index contributed by atoms with van der Waals surface area (Å²) in [5.74, 6) is 0.178. The molecule has 5 nitrogen and oxygen atoms in total. The van der Waals surface area contributed by atoms with Crippen molar-refractivity contribution in [2.24, 2.45) is 5.41 Å². The molecule has 1 saturated heterocycles. The molecule has 1 aromatic heterocycles. The van der Waals surface area contributed by atoms with Gasteiger partial charge in [-0.25, -0.2) is 0 Å². The Morgan fingerprint density at radius 3 is 2.64 bits per heavy atom. The molecule has 148 valence electrons. The third-order valence-electron chi connectivity index (χ3n) is 5.53. The highest BCUT2D eigenvalue weighted by Gasteiger charge is 2.43. The van der Waals surface area contributed by atoms with Gasteiger partial charge in [-0.15, -0.1) is 0 Å². The van der Waals surface area contributed by atoms with Gasteiger partial charge in [-0.3, -0.25) is 14.6 Å². The molecule has 1 aromatic carbocycles. The monoisotopic (exact) mass is 379 g/mol. The van der Waals surface area contributed by atoms with Crippen LogP contribution in [0, 0.1) is 5.41 Å². The number of nitrogens with one attached hydrogen (secondary N) is 1. The number of carbonyl (C=O) groups is 2. The third kappa shape index (κ3) is 4.41. The topological polar surface area (TPSA) is 62.3 Å². The van der Waals surface area contributed by atoms with E-state index in [-0.39, 0.29) is 11.8 Å². The van der Waals surface area contributed by atoms with Crippen molar-refractivity contribution in [2.45, 2.75) is 39.5 Å². The second kappa shape index (κ2) is 9.00. The SMILES string of the molecule is CCNC(=O)[C@]1(Cc2cccc(-c3ccncc3)c2)CCCN(C(=O)CC)C1. The van der Waals surface area contributed by atoms with Crippen molar-refractivity contribution in [3.05, 3.63) is 54.4 Å². The van der Waals surface area contributed by atoms with Crippen LogP contribution in [0.25, 0.3) is 11.1 Å². The molecule has 2 heterocycles. The maximum Gasteiger partial charge on any atom is 0.228 e. The van der Waals surface area contributed by atoms with Gasteiger partial charge in [0.05, 0.1) is 5.41 Å². The Hall–Kier alpha value is -2.69. The lowest BCUT2D eigenvalue weighted by molar-refractivity contribution is -0.141. The molecule has 1 N–H and O–H groups in total. The highest BCUT2D eigenvalue weighted by molar-refractivity contribution is 5.85. The van der Waals surface area contributed by atoms with Crippen LogP contribution in [0.15, 0.2) is 48.8 Å². The second-order valence-electron chi connectivity index (χ2n) is 7.53. The van der Waals surface area contributed by atoms with Crippen molar-refractivity contribution in [2.75, 3.05) is 19.6 Å². The van der Waals surface area contributed by atoms with Crippen molar-refractivity contribution >= 4 is 11.8 Å². The smallest absolute Gasteiger partial charge is 0.228 e. The Bertz CT molecular complexity index is 822. The van der Waals surface area contributed by atoms with Crippen molar-refractivity contribution in [3.8, 4) is 11.1 Å². The number of likely N-dealkylation sites (tertiary alicyclic amines) is 1. The van der Waals surface area contributed by atoms with Crippen molar-refractivity contribution in [1.82, 2.24) is 15.2 Å². The molecule has 2 aromatic rings. The number of aromatic nitrogens is 1. The lowest BCUT2D eigenvalue weighted by atomic mass is 9.74. The number of carbonyl (C=O) groups excluding carboxylic acids is 2. The Morgan fingerprint density at radius 1 is 1.14 bits per heavy atom. The van der Waals surface area contributed by atoms with Crippen LogP contribution >= 0.6 is 0 Å². The molecule has 1 fully saturated rings. The molecule has 0 spiro atoms. The lowest BCUT2D eigenvalue weighted by Crippen LogP contribution is -2.54. The largest absolute Gasteiger partial charge is 0.356 e. The predicted molar refractivity (Wildman–Crippen MR) is 111 cm³/mol. The van der Waals surface area contributed by atoms with E-state index in [1.54, 1.807) is 12.4 Å². The van der Waals surface area contributed by atoms with Crippen LogP contribution in [0.3, 0.4) is 0 Å². The molecule has 0 saturated carbocycles. The van der Waals surface area contributed by atoms with E-state index < -0.39 is 5.41 Å². The minimum Gasteiger partial charge on any atom is -0.356 e. The van der Waals surface area contributed by atoms with E-state index in [4.69, 9.17) is 0 Å². The molecule has 5 heteroatoms. The highest BCUT2D eigenvalue weighted by Crippen LogP contribution is 2.35. The second-order valence-corrected chi connectivity index (χ2v) is 7.53. The van der Waals surface area contributed by atoms with E-state index in [2.05, 4.69) is 28.5 Å². The summed E-state index contributed by atoms with van der Waals surface area (Å²) in [7, 11) is 0. The van der Waals surface area contributed by atoms with Gasteiger partial charge in [0.15, 0.2) is 0 Å².